The van der Waals surface area contributed by atoms with Crippen LogP contribution in [0.5, 0.6) is 0 Å². The second kappa shape index (κ2) is 58.9. The van der Waals surface area contributed by atoms with Gasteiger partial charge in [-0.3, -0.25) is 14.4 Å². The SMILES string of the molecule is CC/C=C\C/C=C\C/C=C\C/C=C\CCCCCCCCCCCCCCCCCCCCCCCCC(=O)OCC(COC(=O)CCCCCCCCCC)OC(=O)CCCCCCCCCCC. The van der Waals surface area contributed by atoms with E-state index in [-0.39, 0.29) is 31.1 Å². The van der Waals surface area contributed by atoms with Gasteiger partial charge in [0.1, 0.15) is 13.2 Å². The van der Waals surface area contributed by atoms with E-state index in [0.29, 0.717) is 19.3 Å². The quantitative estimate of drug-likeness (QED) is 0.0261. The molecule has 0 saturated carbocycles. The van der Waals surface area contributed by atoms with Crippen molar-refractivity contribution in [2.24, 2.45) is 0 Å². The lowest BCUT2D eigenvalue weighted by Gasteiger charge is -2.18. The molecule has 70 heavy (non-hydrogen) atoms. The Kier molecular flexibility index (Phi) is 56.7. The zero-order valence-corrected chi connectivity index (χ0v) is 46.8. The van der Waals surface area contributed by atoms with Crippen molar-refractivity contribution in [3.63, 3.8) is 0 Å². The van der Waals surface area contributed by atoms with Gasteiger partial charge < -0.3 is 14.2 Å². The minimum Gasteiger partial charge on any atom is -0.462 e. The van der Waals surface area contributed by atoms with Gasteiger partial charge in [0.25, 0.3) is 0 Å². The summed E-state index contributed by atoms with van der Waals surface area (Å²) in [5.41, 5.74) is 0. The highest BCUT2D eigenvalue weighted by molar-refractivity contribution is 5.71. The number of carbonyl (C=O) groups is 3. The molecule has 0 rings (SSSR count). The van der Waals surface area contributed by atoms with E-state index in [0.717, 1.165) is 83.5 Å². The highest BCUT2D eigenvalue weighted by Gasteiger charge is 2.19. The molecule has 0 spiro atoms. The van der Waals surface area contributed by atoms with Crippen LogP contribution in [0.25, 0.3) is 0 Å². The number of unbranched alkanes of at least 4 members (excludes halogenated alkanes) is 37. The van der Waals surface area contributed by atoms with Gasteiger partial charge in [0, 0.05) is 19.3 Å². The minimum absolute atomic E-state index is 0.0662. The lowest BCUT2D eigenvalue weighted by atomic mass is 10.0. The van der Waals surface area contributed by atoms with E-state index in [4.69, 9.17) is 14.2 Å². The van der Waals surface area contributed by atoms with Crippen molar-refractivity contribution in [3.05, 3.63) is 48.6 Å². The fourth-order valence-corrected chi connectivity index (χ4v) is 9.02. The monoisotopic (exact) mass is 981 g/mol. The van der Waals surface area contributed by atoms with Crippen LogP contribution in [-0.4, -0.2) is 37.2 Å². The van der Waals surface area contributed by atoms with Gasteiger partial charge in [-0.1, -0.05) is 294 Å². The van der Waals surface area contributed by atoms with E-state index in [2.05, 4.69) is 69.4 Å². The Balaban J connectivity index is 3.85. The highest BCUT2D eigenvalue weighted by atomic mass is 16.6. The van der Waals surface area contributed by atoms with Gasteiger partial charge in [0.15, 0.2) is 6.10 Å². The number of hydrogen-bond acceptors (Lipinski definition) is 6. The molecule has 0 radical (unpaired) electrons. The number of allylic oxidation sites excluding steroid dienone is 8. The lowest BCUT2D eigenvalue weighted by Crippen LogP contribution is -2.30. The summed E-state index contributed by atoms with van der Waals surface area (Å²) < 4.78 is 16.8. The Labute approximate surface area is 435 Å². The van der Waals surface area contributed by atoms with Crippen molar-refractivity contribution in [1.29, 1.82) is 0 Å². The Bertz CT molecular complexity index is 1220. The highest BCUT2D eigenvalue weighted by Crippen LogP contribution is 2.17. The first-order valence-corrected chi connectivity index (χ1v) is 30.6. The molecule has 0 aliphatic carbocycles. The van der Waals surface area contributed by atoms with E-state index in [1.54, 1.807) is 0 Å². The number of esters is 3. The molecule has 0 aromatic rings. The summed E-state index contributed by atoms with van der Waals surface area (Å²) in [6.07, 6.45) is 73.1. The smallest absolute Gasteiger partial charge is 0.306 e. The molecule has 6 nitrogen and oxygen atoms in total. The molecule has 1 atom stereocenters. The van der Waals surface area contributed by atoms with Gasteiger partial charge in [-0.25, -0.2) is 0 Å². The van der Waals surface area contributed by atoms with Crippen LogP contribution >= 0.6 is 0 Å². The first-order chi connectivity index (χ1) is 34.5. The van der Waals surface area contributed by atoms with Crippen LogP contribution in [0.2, 0.25) is 0 Å². The second-order valence-corrected chi connectivity index (χ2v) is 20.6. The largest absolute Gasteiger partial charge is 0.462 e. The molecule has 0 fully saturated rings. The summed E-state index contributed by atoms with van der Waals surface area (Å²) in [6.45, 7) is 6.51. The van der Waals surface area contributed by atoms with Crippen LogP contribution in [0.3, 0.4) is 0 Å². The van der Waals surface area contributed by atoms with Crippen LogP contribution in [0.1, 0.15) is 323 Å². The van der Waals surface area contributed by atoms with Crippen molar-refractivity contribution in [1.82, 2.24) is 0 Å². The summed E-state index contributed by atoms with van der Waals surface area (Å²) >= 11 is 0. The maximum absolute atomic E-state index is 12.7. The molecule has 0 heterocycles. The van der Waals surface area contributed by atoms with Crippen molar-refractivity contribution in [2.75, 3.05) is 13.2 Å². The predicted octanol–water partition coefficient (Wildman–Crippen LogP) is 20.6. The van der Waals surface area contributed by atoms with E-state index in [1.807, 2.05) is 0 Å². The maximum Gasteiger partial charge on any atom is 0.306 e. The maximum atomic E-state index is 12.7. The normalized spacial score (nSPS) is 12.3. The topological polar surface area (TPSA) is 78.9 Å². The number of rotatable bonds is 56. The van der Waals surface area contributed by atoms with E-state index >= 15 is 0 Å². The van der Waals surface area contributed by atoms with Crippen molar-refractivity contribution in [2.45, 2.75) is 329 Å². The Morgan fingerprint density at radius 3 is 0.871 bits per heavy atom. The third-order valence-corrected chi connectivity index (χ3v) is 13.6. The average molecular weight is 982 g/mol. The number of ether oxygens (including phenoxy) is 3. The van der Waals surface area contributed by atoms with Crippen molar-refractivity contribution in [3.8, 4) is 0 Å². The summed E-state index contributed by atoms with van der Waals surface area (Å²) in [4.78, 5) is 37.8. The third-order valence-electron chi connectivity index (χ3n) is 13.6. The summed E-state index contributed by atoms with van der Waals surface area (Å²) in [6, 6.07) is 0. The molecule has 0 aromatic carbocycles. The molecular formula is C64H116O6. The molecule has 408 valence electrons. The Morgan fingerprint density at radius 2 is 0.557 bits per heavy atom. The molecule has 0 amide bonds. The van der Waals surface area contributed by atoms with Crippen LogP contribution in [0.15, 0.2) is 48.6 Å². The molecule has 0 saturated heterocycles. The fourth-order valence-electron chi connectivity index (χ4n) is 9.02. The molecule has 0 bridgehead atoms. The Hall–Kier alpha value is -2.63. The summed E-state index contributed by atoms with van der Waals surface area (Å²) in [7, 11) is 0. The molecular weight excluding hydrogens is 865 g/mol. The van der Waals surface area contributed by atoms with Crippen molar-refractivity contribution >= 4 is 17.9 Å². The second-order valence-electron chi connectivity index (χ2n) is 20.6. The number of hydrogen-bond donors (Lipinski definition) is 0. The number of carbonyl (C=O) groups excluding carboxylic acids is 3. The average Bonchev–Trinajstić information content (AvgIpc) is 3.36. The first kappa shape index (κ1) is 67.4. The molecule has 0 aromatic heterocycles. The summed E-state index contributed by atoms with van der Waals surface area (Å²) in [5, 5.41) is 0. The van der Waals surface area contributed by atoms with E-state index in [1.165, 1.54) is 199 Å². The van der Waals surface area contributed by atoms with Crippen LogP contribution < -0.4 is 0 Å². The fraction of sp³-hybridized carbons (Fsp3) is 0.828. The minimum atomic E-state index is -0.762. The van der Waals surface area contributed by atoms with Gasteiger partial charge in [-0.15, -0.1) is 0 Å². The molecule has 6 heteroatoms. The Morgan fingerprint density at radius 1 is 0.300 bits per heavy atom. The standard InChI is InChI=1S/C64H116O6/c1-4-7-10-13-16-19-20-21-22-23-24-25-26-27-28-29-30-31-32-33-34-35-36-37-38-39-40-41-42-43-44-46-48-51-54-57-63(66)69-60-61(59-68-62(65)56-53-50-47-18-15-12-9-6-3)70-64(67)58-55-52-49-45-17-14-11-8-5-2/h7,10,16,19,21-22,24-25,61H,4-6,8-9,11-15,17-18,20,23,26-60H2,1-3H3/b10-7-,19-16-,22-21-,25-24-. The van der Waals surface area contributed by atoms with Crippen LogP contribution in [-0.2, 0) is 28.6 Å². The molecule has 0 aliphatic rings. The molecule has 0 N–H and O–H groups in total. The van der Waals surface area contributed by atoms with Crippen molar-refractivity contribution < 1.29 is 28.6 Å². The predicted molar refractivity (Wildman–Crippen MR) is 302 cm³/mol. The zero-order valence-electron chi connectivity index (χ0n) is 46.8. The van der Waals surface area contributed by atoms with E-state index in [9.17, 15) is 14.4 Å². The zero-order chi connectivity index (χ0) is 50.7. The lowest BCUT2D eigenvalue weighted by molar-refractivity contribution is -0.167. The molecule has 0 aliphatic heterocycles. The van der Waals surface area contributed by atoms with Gasteiger partial charge in [0.05, 0.1) is 0 Å². The van der Waals surface area contributed by atoms with Crippen LogP contribution in [0.4, 0.5) is 0 Å². The van der Waals surface area contributed by atoms with Gasteiger partial charge in [-0.2, -0.15) is 0 Å². The van der Waals surface area contributed by atoms with Gasteiger partial charge in [-0.05, 0) is 57.8 Å². The third kappa shape index (κ3) is 56.3. The van der Waals surface area contributed by atoms with Crippen LogP contribution in [0, 0.1) is 0 Å². The van der Waals surface area contributed by atoms with Gasteiger partial charge in [0.2, 0.25) is 0 Å². The van der Waals surface area contributed by atoms with E-state index < -0.39 is 6.10 Å². The first-order valence-electron chi connectivity index (χ1n) is 30.6. The van der Waals surface area contributed by atoms with Gasteiger partial charge >= 0.3 is 17.9 Å². The molecule has 1 unspecified atom stereocenters. The summed E-state index contributed by atoms with van der Waals surface area (Å²) in [5.74, 6) is -0.858.